The summed E-state index contributed by atoms with van der Waals surface area (Å²) in [5, 5.41) is 4.25. The molecule has 0 aliphatic heterocycles. The van der Waals surface area contributed by atoms with Crippen LogP contribution in [0.4, 0.5) is 0 Å². The van der Waals surface area contributed by atoms with Crippen LogP contribution >= 0.6 is 0 Å². The van der Waals surface area contributed by atoms with E-state index in [9.17, 15) is 4.79 Å². The van der Waals surface area contributed by atoms with Crippen molar-refractivity contribution in [3.05, 3.63) is 29.2 Å². The normalized spacial score (nSPS) is 12.7. The molecule has 0 spiro atoms. The second-order valence-corrected chi connectivity index (χ2v) is 4.58. The van der Waals surface area contributed by atoms with Crippen LogP contribution < -0.4 is 0 Å². The summed E-state index contributed by atoms with van der Waals surface area (Å²) in [5.41, 5.74) is 3.79. The van der Waals surface area contributed by atoms with Gasteiger partial charge in [-0.05, 0) is 19.9 Å². The maximum absolute atomic E-state index is 11.4. The van der Waals surface area contributed by atoms with Crippen molar-refractivity contribution in [2.24, 2.45) is 5.92 Å². The van der Waals surface area contributed by atoms with Gasteiger partial charge in [-0.25, -0.2) is 9.50 Å². The average Bonchev–Trinajstić information content (AvgIpc) is 2.71. The van der Waals surface area contributed by atoms with Crippen molar-refractivity contribution in [1.82, 2.24) is 14.6 Å². The number of aromatic nitrogens is 3. The lowest BCUT2D eigenvalue weighted by Crippen LogP contribution is -2.16. The quantitative estimate of drug-likeness (QED) is 0.775. The highest BCUT2D eigenvalue weighted by Gasteiger charge is 2.16. The van der Waals surface area contributed by atoms with Crippen LogP contribution in [0.25, 0.3) is 5.65 Å². The Morgan fingerprint density at radius 3 is 2.89 bits per heavy atom. The lowest BCUT2D eigenvalue weighted by molar-refractivity contribution is -0.144. The van der Waals surface area contributed by atoms with E-state index in [1.165, 1.54) is 7.11 Å². The number of ether oxygens (including phenoxy) is 1. The van der Waals surface area contributed by atoms with E-state index in [0.717, 1.165) is 22.6 Å². The first-order chi connectivity index (χ1) is 8.52. The molecule has 0 aromatic carbocycles. The fraction of sp³-hybridized carbons (Fsp3) is 0.462. The second kappa shape index (κ2) is 4.76. The summed E-state index contributed by atoms with van der Waals surface area (Å²) >= 11 is 0. The number of aryl methyl sites for hydroxylation is 2. The molecule has 2 rings (SSSR count). The Balaban J connectivity index is 2.34. The molecule has 0 saturated carbocycles. The van der Waals surface area contributed by atoms with E-state index in [1.54, 1.807) is 6.20 Å². The van der Waals surface area contributed by atoms with Crippen LogP contribution in [0.15, 0.2) is 12.3 Å². The summed E-state index contributed by atoms with van der Waals surface area (Å²) in [6.45, 7) is 5.80. The summed E-state index contributed by atoms with van der Waals surface area (Å²) in [5.74, 6) is -0.396. The highest BCUT2D eigenvalue weighted by molar-refractivity contribution is 5.72. The lowest BCUT2D eigenvalue weighted by atomic mass is 10.1. The SMILES string of the molecule is COC(=O)[C@@H](C)Cc1cc(C)n2ncc(C)c2n1. The molecule has 0 saturated heterocycles. The Kier molecular flexibility index (Phi) is 3.32. The molecule has 5 heteroatoms. The number of nitrogens with zero attached hydrogens (tertiary/aromatic N) is 3. The summed E-state index contributed by atoms with van der Waals surface area (Å²) in [7, 11) is 1.40. The monoisotopic (exact) mass is 247 g/mol. The number of hydrogen-bond donors (Lipinski definition) is 0. The van der Waals surface area contributed by atoms with E-state index in [1.807, 2.05) is 31.4 Å². The van der Waals surface area contributed by atoms with Crippen molar-refractivity contribution >= 4 is 11.6 Å². The molecule has 2 heterocycles. The minimum absolute atomic E-state index is 0.187. The largest absolute Gasteiger partial charge is 0.469 e. The summed E-state index contributed by atoms with van der Waals surface area (Å²) in [4.78, 5) is 16.0. The van der Waals surface area contributed by atoms with Gasteiger partial charge in [0.2, 0.25) is 0 Å². The Morgan fingerprint density at radius 2 is 2.22 bits per heavy atom. The molecule has 0 fully saturated rings. The molecule has 2 aromatic rings. The maximum Gasteiger partial charge on any atom is 0.308 e. The van der Waals surface area contributed by atoms with Crippen LogP contribution in [0, 0.1) is 19.8 Å². The number of fused-ring (bicyclic) bond motifs is 1. The van der Waals surface area contributed by atoms with Crippen LogP contribution in [0.1, 0.15) is 23.9 Å². The predicted octanol–water partition coefficient (Wildman–Crippen LogP) is 1.70. The van der Waals surface area contributed by atoms with Crippen molar-refractivity contribution in [2.45, 2.75) is 27.2 Å². The first kappa shape index (κ1) is 12.5. The Labute approximate surface area is 106 Å². The van der Waals surface area contributed by atoms with E-state index in [0.29, 0.717) is 6.42 Å². The summed E-state index contributed by atoms with van der Waals surface area (Å²) in [6.07, 6.45) is 2.37. The Morgan fingerprint density at radius 1 is 1.50 bits per heavy atom. The molecule has 0 amide bonds. The van der Waals surface area contributed by atoms with Gasteiger partial charge in [-0.1, -0.05) is 6.92 Å². The molecule has 0 unspecified atom stereocenters. The van der Waals surface area contributed by atoms with Crippen molar-refractivity contribution < 1.29 is 9.53 Å². The number of carbonyl (C=O) groups excluding carboxylic acids is 1. The van der Waals surface area contributed by atoms with Crippen LogP contribution in [-0.4, -0.2) is 27.7 Å². The molecule has 0 N–H and O–H groups in total. The van der Waals surface area contributed by atoms with Gasteiger partial charge in [-0.3, -0.25) is 4.79 Å². The second-order valence-electron chi connectivity index (χ2n) is 4.58. The molecule has 0 bridgehead atoms. The zero-order valence-corrected chi connectivity index (χ0v) is 11.1. The molecule has 0 aliphatic carbocycles. The third kappa shape index (κ3) is 2.20. The fourth-order valence-electron chi connectivity index (χ4n) is 1.99. The third-order valence-corrected chi connectivity index (χ3v) is 3.00. The fourth-order valence-corrected chi connectivity index (χ4v) is 1.99. The first-order valence-corrected chi connectivity index (χ1v) is 5.91. The molecule has 1 atom stereocenters. The van der Waals surface area contributed by atoms with Gasteiger partial charge in [0.1, 0.15) is 0 Å². The van der Waals surface area contributed by atoms with Crippen molar-refractivity contribution in [3.63, 3.8) is 0 Å². The molecule has 18 heavy (non-hydrogen) atoms. The van der Waals surface area contributed by atoms with Crippen LogP contribution in [0.3, 0.4) is 0 Å². The van der Waals surface area contributed by atoms with Crippen molar-refractivity contribution in [2.75, 3.05) is 7.11 Å². The molecule has 0 aliphatic rings. The van der Waals surface area contributed by atoms with Gasteiger partial charge < -0.3 is 4.74 Å². The van der Waals surface area contributed by atoms with Gasteiger partial charge in [0.25, 0.3) is 0 Å². The molecule has 5 nitrogen and oxygen atoms in total. The first-order valence-electron chi connectivity index (χ1n) is 5.91. The molecule has 96 valence electrons. The molecular formula is C13H17N3O2. The minimum Gasteiger partial charge on any atom is -0.469 e. The van der Waals surface area contributed by atoms with E-state index >= 15 is 0 Å². The zero-order chi connectivity index (χ0) is 13.3. The van der Waals surface area contributed by atoms with Gasteiger partial charge in [0.05, 0.1) is 19.2 Å². The topological polar surface area (TPSA) is 56.5 Å². The van der Waals surface area contributed by atoms with E-state index in [2.05, 4.69) is 10.1 Å². The number of rotatable bonds is 3. The van der Waals surface area contributed by atoms with Gasteiger partial charge in [0.15, 0.2) is 5.65 Å². The smallest absolute Gasteiger partial charge is 0.308 e. The van der Waals surface area contributed by atoms with Gasteiger partial charge >= 0.3 is 5.97 Å². The Hall–Kier alpha value is -1.91. The van der Waals surface area contributed by atoms with E-state index < -0.39 is 0 Å². The molecule has 2 aromatic heterocycles. The summed E-state index contributed by atoms with van der Waals surface area (Å²) in [6, 6.07) is 1.96. The van der Waals surface area contributed by atoms with Gasteiger partial charge in [-0.15, -0.1) is 0 Å². The van der Waals surface area contributed by atoms with Crippen LogP contribution in [-0.2, 0) is 16.0 Å². The minimum atomic E-state index is -0.209. The van der Waals surface area contributed by atoms with E-state index in [-0.39, 0.29) is 11.9 Å². The van der Waals surface area contributed by atoms with Gasteiger partial charge in [0, 0.05) is 23.4 Å². The average molecular weight is 247 g/mol. The molecular weight excluding hydrogens is 230 g/mol. The van der Waals surface area contributed by atoms with Crippen molar-refractivity contribution in [3.8, 4) is 0 Å². The lowest BCUT2D eigenvalue weighted by Gasteiger charge is -2.09. The van der Waals surface area contributed by atoms with Crippen LogP contribution in [0.5, 0.6) is 0 Å². The maximum atomic E-state index is 11.4. The predicted molar refractivity (Wildman–Crippen MR) is 67.3 cm³/mol. The van der Waals surface area contributed by atoms with Crippen LogP contribution in [0.2, 0.25) is 0 Å². The standard InChI is InChI=1S/C13H17N3O2/c1-8(13(17)18-4)5-11-6-10(3)16-12(15-11)9(2)7-14-16/h6-8H,5H2,1-4H3/t8-/m0/s1. The Bertz CT molecular complexity index is 589. The van der Waals surface area contributed by atoms with Crippen molar-refractivity contribution in [1.29, 1.82) is 0 Å². The van der Waals surface area contributed by atoms with E-state index in [4.69, 9.17) is 4.74 Å². The number of esters is 1. The molecule has 0 radical (unpaired) electrons. The third-order valence-electron chi connectivity index (χ3n) is 3.00. The zero-order valence-electron chi connectivity index (χ0n) is 11.1. The van der Waals surface area contributed by atoms with Gasteiger partial charge in [-0.2, -0.15) is 5.10 Å². The number of methoxy groups -OCH3 is 1. The highest BCUT2D eigenvalue weighted by atomic mass is 16.5. The highest BCUT2D eigenvalue weighted by Crippen LogP contribution is 2.14. The number of carbonyl (C=O) groups is 1. The summed E-state index contributed by atoms with van der Waals surface area (Å²) < 4.78 is 6.53. The number of hydrogen-bond acceptors (Lipinski definition) is 4.